The number of hydrogen-bond acceptors (Lipinski definition) is 3. The van der Waals surface area contributed by atoms with Crippen molar-refractivity contribution in [3.05, 3.63) is 23.9 Å². The Bertz CT molecular complexity index is 414. The van der Waals surface area contributed by atoms with Gasteiger partial charge in [0.15, 0.2) is 0 Å². The Morgan fingerprint density at radius 3 is 2.95 bits per heavy atom. The predicted octanol–water partition coefficient (Wildman–Crippen LogP) is 3.38. The fourth-order valence-electron chi connectivity index (χ4n) is 2.92. The molecule has 1 aliphatic rings. The Labute approximate surface area is 117 Å². The van der Waals surface area contributed by atoms with Gasteiger partial charge in [0, 0.05) is 25.3 Å². The van der Waals surface area contributed by atoms with Crippen LogP contribution >= 0.6 is 0 Å². The summed E-state index contributed by atoms with van der Waals surface area (Å²) in [5.41, 5.74) is 1.73. The van der Waals surface area contributed by atoms with Gasteiger partial charge >= 0.3 is 0 Å². The number of nitrogens with one attached hydrogen (secondary N) is 1. The van der Waals surface area contributed by atoms with E-state index in [1.165, 1.54) is 18.4 Å². The van der Waals surface area contributed by atoms with E-state index < -0.39 is 0 Å². The largest absolute Gasteiger partial charge is 0.356 e. The minimum absolute atomic E-state index is 0.393. The number of piperidine rings is 1. The molecule has 3 nitrogen and oxygen atoms in total. The van der Waals surface area contributed by atoms with Crippen molar-refractivity contribution in [1.82, 2.24) is 10.3 Å². The van der Waals surface area contributed by atoms with Gasteiger partial charge in [0.2, 0.25) is 0 Å². The summed E-state index contributed by atoms with van der Waals surface area (Å²) in [5.74, 6) is 1.13. The quantitative estimate of drug-likeness (QED) is 0.900. The van der Waals surface area contributed by atoms with Crippen LogP contribution in [0.25, 0.3) is 0 Å². The van der Waals surface area contributed by atoms with Crippen molar-refractivity contribution < 1.29 is 0 Å². The van der Waals surface area contributed by atoms with Crippen molar-refractivity contribution >= 4 is 5.82 Å². The van der Waals surface area contributed by atoms with Gasteiger partial charge in [0.1, 0.15) is 5.82 Å². The molecule has 1 N–H and O–H groups in total. The zero-order valence-electron chi connectivity index (χ0n) is 12.7. The SMILES string of the molecule is CCNC(C)c1ccnc(N2CCCC(C)(C)C2)c1. The summed E-state index contributed by atoms with van der Waals surface area (Å²) in [7, 11) is 0. The molecule has 0 saturated carbocycles. The molecule has 106 valence electrons. The Morgan fingerprint density at radius 2 is 2.26 bits per heavy atom. The zero-order chi connectivity index (χ0) is 13.9. The third kappa shape index (κ3) is 3.69. The van der Waals surface area contributed by atoms with E-state index >= 15 is 0 Å². The molecule has 0 aliphatic carbocycles. The summed E-state index contributed by atoms with van der Waals surface area (Å²) in [4.78, 5) is 7.01. The van der Waals surface area contributed by atoms with Gasteiger partial charge in [-0.1, -0.05) is 20.8 Å². The van der Waals surface area contributed by atoms with Gasteiger partial charge in [0.25, 0.3) is 0 Å². The normalized spacial score (nSPS) is 20.3. The Kier molecular flexibility index (Phi) is 4.46. The van der Waals surface area contributed by atoms with Crippen molar-refractivity contribution in [2.24, 2.45) is 5.41 Å². The maximum Gasteiger partial charge on any atom is 0.128 e. The Balaban J connectivity index is 2.14. The molecule has 0 radical (unpaired) electrons. The van der Waals surface area contributed by atoms with Crippen LogP contribution in [0.5, 0.6) is 0 Å². The van der Waals surface area contributed by atoms with Crippen molar-refractivity contribution in [3.63, 3.8) is 0 Å². The van der Waals surface area contributed by atoms with Crippen LogP contribution in [-0.4, -0.2) is 24.6 Å². The van der Waals surface area contributed by atoms with Crippen molar-refractivity contribution in [1.29, 1.82) is 0 Å². The molecular formula is C16H27N3. The van der Waals surface area contributed by atoms with E-state index in [1.807, 2.05) is 6.20 Å². The predicted molar refractivity (Wildman–Crippen MR) is 81.6 cm³/mol. The molecule has 0 bridgehead atoms. The fourth-order valence-corrected chi connectivity index (χ4v) is 2.92. The lowest BCUT2D eigenvalue weighted by Crippen LogP contribution is -2.40. The molecule has 0 amide bonds. The van der Waals surface area contributed by atoms with E-state index in [4.69, 9.17) is 0 Å². The summed E-state index contributed by atoms with van der Waals surface area (Å²) >= 11 is 0. The van der Waals surface area contributed by atoms with Gasteiger partial charge in [-0.25, -0.2) is 4.98 Å². The van der Waals surface area contributed by atoms with Crippen molar-refractivity contribution in [3.8, 4) is 0 Å². The van der Waals surface area contributed by atoms with Crippen LogP contribution in [0.15, 0.2) is 18.3 Å². The monoisotopic (exact) mass is 261 g/mol. The number of anilines is 1. The lowest BCUT2D eigenvalue weighted by atomic mass is 9.84. The second-order valence-electron chi connectivity index (χ2n) is 6.42. The third-order valence-electron chi connectivity index (χ3n) is 4.00. The lowest BCUT2D eigenvalue weighted by Gasteiger charge is -2.39. The molecule has 1 aliphatic heterocycles. The van der Waals surface area contributed by atoms with Crippen LogP contribution < -0.4 is 10.2 Å². The van der Waals surface area contributed by atoms with Crippen molar-refractivity contribution in [2.45, 2.75) is 46.6 Å². The number of nitrogens with zero attached hydrogens (tertiary/aromatic N) is 2. The molecule has 1 aromatic heterocycles. The highest BCUT2D eigenvalue weighted by Crippen LogP contribution is 2.31. The van der Waals surface area contributed by atoms with Crippen LogP contribution in [0.1, 0.15) is 52.1 Å². The molecule has 1 saturated heterocycles. The highest BCUT2D eigenvalue weighted by molar-refractivity contribution is 5.42. The molecule has 1 fully saturated rings. The van der Waals surface area contributed by atoms with Crippen LogP contribution in [0.3, 0.4) is 0 Å². The molecule has 2 rings (SSSR count). The standard InChI is InChI=1S/C16H27N3/c1-5-17-13(2)14-7-9-18-15(11-14)19-10-6-8-16(3,4)12-19/h7,9,11,13,17H,5-6,8,10,12H2,1-4H3. The number of rotatable bonds is 4. The van der Waals surface area contributed by atoms with E-state index in [-0.39, 0.29) is 0 Å². The fraction of sp³-hybridized carbons (Fsp3) is 0.688. The van der Waals surface area contributed by atoms with Gasteiger partial charge in [-0.3, -0.25) is 0 Å². The van der Waals surface area contributed by atoms with Gasteiger partial charge < -0.3 is 10.2 Å². The van der Waals surface area contributed by atoms with Crippen LogP contribution in [-0.2, 0) is 0 Å². The second-order valence-corrected chi connectivity index (χ2v) is 6.42. The molecule has 1 aromatic rings. The van der Waals surface area contributed by atoms with E-state index in [2.05, 4.69) is 55.0 Å². The first-order valence-corrected chi connectivity index (χ1v) is 7.46. The van der Waals surface area contributed by atoms with Crippen LogP contribution in [0, 0.1) is 5.41 Å². The summed E-state index contributed by atoms with van der Waals surface area (Å²) in [6.07, 6.45) is 4.53. The first-order valence-electron chi connectivity index (χ1n) is 7.46. The average Bonchev–Trinajstić information content (AvgIpc) is 2.38. The topological polar surface area (TPSA) is 28.2 Å². The maximum absolute atomic E-state index is 4.57. The Hall–Kier alpha value is -1.09. The highest BCUT2D eigenvalue weighted by atomic mass is 15.2. The summed E-state index contributed by atoms with van der Waals surface area (Å²) in [5, 5.41) is 3.46. The Morgan fingerprint density at radius 1 is 1.47 bits per heavy atom. The van der Waals surface area contributed by atoms with Gasteiger partial charge in [-0.15, -0.1) is 0 Å². The second kappa shape index (κ2) is 5.91. The zero-order valence-corrected chi connectivity index (χ0v) is 12.7. The summed E-state index contributed by atoms with van der Waals surface area (Å²) < 4.78 is 0. The van der Waals surface area contributed by atoms with E-state index in [1.54, 1.807) is 0 Å². The number of aromatic nitrogens is 1. The van der Waals surface area contributed by atoms with Crippen LogP contribution in [0.2, 0.25) is 0 Å². The summed E-state index contributed by atoms with van der Waals surface area (Å²) in [6.45, 7) is 12.3. The van der Waals surface area contributed by atoms with Crippen LogP contribution in [0.4, 0.5) is 5.82 Å². The average molecular weight is 261 g/mol. The maximum atomic E-state index is 4.57. The van der Waals surface area contributed by atoms with E-state index in [0.717, 1.165) is 25.5 Å². The molecule has 3 heteroatoms. The first-order chi connectivity index (χ1) is 9.02. The van der Waals surface area contributed by atoms with Gasteiger partial charge in [-0.2, -0.15) is 0 Å². The van der Waals surface area contributed by atoms with E-state index in [9.17, 15) is 0 Å². The van der Waals surface area contributed by atoms with Crippen molar-refractivity contribution in [2.75, 3.05) is 24.5 Å². The molecule has 1 atom stereocenters. The molecular weight excluding hydrogens is 234 g/mol. The first kappa shape index (κ1) is 14.3. The minimum Gasteiger partial charge on any atom is -0.356 e. The molecule has 19 heavy (non-hydrogen) atoms. The highest BCUT2D eigenvalue weighted by Gasteiger charge is 2.27. The van der Waals surface area contributed by atoms with Gasteiger partial charge in [-0.05, 0) is 49.4 Å². The lowest BCUT2D eigenvalue weighted by molar-refractivity contribution is 0.292. The van der Waals surface area contributed by atoms with Gasteiger partial charge in [0.05, 0.1) is 0 Å². The third-order valence-corrected chi connectivity index (χ3v) is 4.00. The minimum atomic E-state index is 0.393. The number of hydrogen-bond donors (Lipinski definition) is 1. The summed E-state index contributed by atoms with van der Waals surface area (Å²) in [6, 6.07) is 4.75. The van der Waals surface area contributed by atoms with E-state index in [0.29, 0.717) is 11.5 Å². The molecule has 0 aromatic carbocycles. The molecule has 1 unspecified atom stereocenters. The molecule has 2 heterocycles. The molecule has 0 spiro atoms. The smallest absolute Gasteiger partial charge is 0.128 e. The number of pyridine rings is 1.